The molecule has 1 fully saturated rings. The van der Waals surface area contributed by atoms with Gasteiger partial charge in [-0.3, -0.25) is 4.79 Å². The van der Waals surface area contributed by atoms with E-state index >= 15 is 0 Å². The maximum Gasteiger partial charge on any atom is 0.179 e. The molecule has 0 radical (unpaired) electrons. The predicted octanol–water partition coefficient (Wildman–Crippen LogP) is 2.47. The van der Waals surface area contributed by atoms with Crippen LogP contribution >= 0.6 is 0 Å². The highest BCUT2D eigenvalue weighted by molar-refractivity contribution is 5.85. The minimum atomic E-state index is -1.09. The topological polar surface area (TPSA) is 58.6 Å². The third-order valence-corrected chi connectivity index (χ3v) is 4.04. The normalized spacial score (nSPS) is 17.4. The molecule has 1 unspecified atom stereocenters. The first kappa shape index (κ1) is 16.0. The Morgan fingerprint density at radius 1 is 1.38 bits per heavy atom. The number of likely N-dealkylation sites (N-methyl/N-ethyl adjacent to an activating group) is 1. The van der Waals surface area contributed by atoms with E-state index in [0.29, 0.717) is 11.5 Å². The Bertz CT molecular complexity index is 455. The van der Waals surface area contributed by atoms with E-state index in [1.54, 1.807) is 19.2 Å². The number of carbonyl (C=O) groups excluding carboxylic acids is 1. The fourth-order valence-electron chi connectivity index (χ4n) is 2.80. The van der Waals surface area contributed by atoms with Gasteiger partial charge >= 0.3 is 0 Å². The van der Waals surface area contributed by atoms with Gasteiger partial charge in [0.2, 0.25) is 0 Å². The minimum absolute atomic E-state index is 0.161. The molecular formula is C17H25NO3. The van der Waals surface area contributed by atoms with Crippen molar-refractivity contribution in [1.29, 1.82) is 0 Å². The lowest BCUT2D eigenvalue weighted by atomic mass is 9.90. The minimum Gasteiger partial charge on any atom is -0.493 e. The maximum absolute atomic E-state index is 11.7. The van der Waals surface area contributed by atoms with E-state index in [2.05, 4.69) is 5.32 Å². The zero-order chi connectivity index (χ0) is 15.1. The van der Waals surface area contributed by atoms with Gasteiger partial charge in [-0.25, -0.2) is 0 Å². The molecule has 0 amide bonds. The smallest absolute Gasteiger partial charge is 0.179 e. The van der Waals surface area contributed by atoms with Gasteiger partial charge in [0, 0.05) is 0 Å². The highest BCUT2D eigenvalue weighted by Gasteiger charge is 2.17. The van der Waals surface area contributed by atoms with Crippen LogP contribution in [0.15, 0.2) is 24.3 Å². The van der Waals surface area contributed by atoms with Gasteiger partial charge in [-0.1, -0.05) is 31.4 Å². The number of carbonyl (C=O) groups is 1. The molecule has 1 saturated carbocycles. The first-order valence-corrected chi connectivity index (χ1v) is 7.79. The van der Waals surface area contributed by atoms with Crippen LogP contribution in [0.25, 0.3) is 0 Å². The number of aliphatic hydroxyl groups is 1. The fourth-order valence-corrected chi connectivity index (χ4v) is 2.80. The quantitative estimate of drug-likeness (QED) is 0.810. The molecule has 1 aliphatic rings. The number of rotatable bonds is 7. The van der Waals surface area contributed by atoms with Gasteiger partial charge in [-0.2, -0.15) is 0 Å². The van der Waals surface area contributed by atoms with E-state index in [1.807, 2.05) is 12.1 Å². The van der Waals surface area contributed by atoms with Crippen molar-refractivity contribution in [2.24, 2.45) is 5.92 Å². The number of Topliss-reactive ketones (excluding diaryl/α,β-unsaturated/α-hetero) is 1. The molecule has 1 aliphatic carbocycles. The third kappa shape index (κ3) is 4.83. The van der Waals surface area contributed by atoms with Crippen molar-refractivity contribution >= 4 is 5.78 Å². The largest absolute Gasteiger partial charge is 0.493 e. The van der Waals surface area contributed by atoms with Crippen LogP contribution in [0.5, 0.6) is 5.75 Å². The number of hydrogen-bond donors (Lipinski definition) is 2. The first-order chi connectivity index (χ1) is 10.2. The molecule has 0 bridgehead atoms. The van der Waals surface area contributed by atoms with Crippen LogP contribution in [0.1, 0.15) is 43.8 Å². The summed E-state index contributed by atoms with van der Waals surface area (Å²) in [6, 6.07) is 7.22. The Labute approximate surface area is 126 Å². The van der Waals surface area contributed by atoms with Gasteiger partial charge in [0.1, 0.15) is 11.9 Å². The second-order valence-corrected chi connectivity index (χ2v) is 5.79. The number of nitrogens with one attached hydrogen (secondary N) is 1. The van der Waals surface area contributed by atoms with Gasteiger partial charge in [0.25, 0.3) is 0 Å². The molecule has 1 aromatic rings. The van der Waals surface area contributed by atoms with E-state index in [9.17, 15) is 9.90 Å². The van der Waals surface area contributed by atoms with Gasteiger partial charge in [0.15, 0.2) is 5.78 Å². The zero-order valence-electron chi connectivity index (χ0n) is 12.7. The van der Waals surface area contributed by atoms with Crippen LogP contribution in [-0.4, -0.2) is 31.1 Å². The van der Waals surface area contributed by atoms with Crippen molar-refractivity contribution in [2.45, 2.75) is 38.2 Å². The standard InChI is InChI=1S/C17H25NO3/c1-18-11-16(19)17(20)14-8-5-9-15(10-14)21-12-13-6-3-2-4-7-13/h5,8-10,13,17-18,20H,2-4,6-7,11-12H2,1H3. The van der Waals surface area contributed by atoms with Crippen molar-refractivity contribution in [3.05, 3.63) is 29.8 Å². The summed E-state index contributed by atoms with van der Waals surface area (Å²) < 4.78 is 5.84. The van der Waals surface area contributed by atoms with Gasteiger partial charge < -0.3 is 15.2 Å². The van der Waals surface area contributed by atoms with Gasteiger partial charge in [0.05, 0.1) is 13.2 Å². The summed E-state index contributed by atoms with van der Waals surface area (Å²) in [5, 5.41) is 12.8. The highest BCUT2D eigenvalue weighted by atomic mass is 16.5. The second-order valence-electron chi connectivity index (χ2n) is 5.79. The number of ether oxygens (including phenoxy) is 1. The van der Waals surface area contributed by atoms with Gasteiger partial charge in [-0.05, 0) is 43.5 Å². The summed E-state index contributed by atoms with van der Waals surface area (Å²) >= 11 is 0. The van der Waals surface area contributed by atoms with E-state index in [0.717, 1.165) is 12.4 Å². The number of ketones is 1. The molecule has 2 N–H and O–H groups in total. The van der Waals surface area contributed by atoms with Crippen LogP contribution in [0.3, 0.4) is 0 Å². The fraction of sp³-hybridized carbons (Fsp3) is 0.588. The molecule has 21 heavy (non-hydrogen) atoms. The number of hydrogen-bond acceptors (Lipinski definition) is 4. The van der Waals surface area contributed by atoms with Crippen LogP contribution in [-0.2, 0) is 4.79 Å². The molecule has 0 aromatic heterocycles. The molecule has 0 saturated heterocycles. The summed E-state index contributed by atoms with van der Waals surface area (Å²) in [4.78, 5) is 11.7. The average molecular weight is 291 g/mol. The Morgan fingerprint density at radius 2 is 2.14 bits per heavy atom. The molecule has 0 heterocycles. The van der Waals surface area contributed by atoms with Crippen LogP contribution in [0.4, 0.5) is 0 Å². The van der Waals surface area contributed by atoms with Crippen molar-refractivity contribution in [2.75, 3.05) is 20.2 Å². The average Bonchev–Trinajstić information content (AvgIpc) is 2.54. The molecule has 1 atom stereocenters. The van der Waals surface area contributed by atoms with Crippen LogP contribution < -0.4 is 10.1 Å². The summed E-state index contributed by atoms with van der Waals surface area (Å²) in [6.45, 7) is 0.887. The zero-order valence-corrected chi connectivity index (χ0v) is 12.7. The van der Waals surface area contributed by atoms with Gasteiger partial charge in [-0.15, -0.1) is 0 Å². The van der Waals surface area contributed by atoms with Crippen LogP contribution in [0, 0.1) is 5.92 Å². The van der Waals surface area contributed by atoms with Crippen molar-refractivity contribution in [1.82, 2.24) is 5.32 Å². The predicted molar refractivity (Wildman–Crippen MR) is 82.4 cm³/mol. The summed E-state index contributed by atoms with van der Waals surface area (Å²) in [6.07, 6.45) is 5.32. The second kappa shape index (κ2) is 8.15. The number of aliphatic hydroxyl groups excluding tert-OH is 1. The van der Waals surface area contributed by atoms with Crippen molar-refractivity contribution in [3.8, 4) is 5.75 Å². The van der Waals surface area contributed by atoms with E-state index < -0.39 is 6.10 Å². The molecular weight excluding hydrogens is 266 g/mol. The Balaban J connectivity index is 1.92. The molecule has 1 aromatic carbocycles. The SMILES string of the molecule is CNCC(=O)C(O)c1cccc(OCC2CCCCC2)c1. The summed E-state index contributed by atoms with van der Waals surface area (Å²) in [5.41, 5.74) is 0.594. The lowest BCUT2D eigenvalue weighted by Gasteiger charge is -2.22. The first-order valence-electron chi connectivity index (χ1n) is 7.79. The molecule has 0 aliphatic heterocycles. The van der Waals surface area contributed by atoms with Crippen molar-refractivity contribution < 1.29 is 14.6 Å². The molecule has 4 heteroatoms. The number of benzene rings is 1. The van der Waals surface area contributed by atoms with Crippen molar-refractivity contribution in [3.63, 3.8) is 0 Å². The van der Waals surface area contributed by atoms with E-state index in [4.69, 9.17) is 4.74 Å². The monoisotopic (exact) mass is 291 g/mol. The highest BCUT2D eigenvalue weighted by Crippen LogP contribution is 2.25. The Morgan fingerprint density at radius 3 is 2.86 bits per heavy atom. The lowest BCUT2D eigenvalue weighted by molar-refractivity contribution is -0.126. The summed E-state index contributed by atoms with van der Waals surface area (Å²) in [5.74, 6) is 1.13. The Hall–Kier alpha value is -1.39. The lowest BCUT2D eigenvalue weighted by Crippen LogP contribution is -2.24. The summed E-state index contributed by atoms with van der Waals surface area (Å²) in [7, 11) is 1.69. The van der Waals surface area contributed by atoms with Crippen LogP contribution in [0.2, 0.25) is 0 Å². The molecule has 0 spiro atoms. The van der Waals surface area contributed by atoms with E-state index in [1.165, 1.54) is 32.1 Å². The molecule has 2 rings (SSSR count). The molecule has 4 nitrogen and oxygen atoms in total. The maximum atomic E-state index is 11.7. The third-order valence-electron chi connectivity index (χ3n) is 4.04. The Kier molecular flexibility index (Phi) is 6.21. The molecule has 116 valence electrons. The van der Waals surface area contributed by atoms with E-state index in [-0.39, 0.29) is 12.3 Å².